The predicted octanol–water partition coefficient (Wildman–Crippen LogP) is 2.07. The van der Waals surface area contributed by atoms with Crippen LogP contribution >= 0.6 is 0 Å². The zero-order chi connectivity index (χ0) is 9.97. The largest absolute Gasteiger partial charge is 0.353 e. The van der Waals surface area contributed by atoms with Gasteiger partial charge in [0.15, 0.2) is 0 Å². The van der Waals surface area contributed by atoms with E-state index in [2.05, 4.69) is 17.4 Å². The number of nitrogens with one attached hydrogen (secondary N) is 1. The van der Waals surface area contributed by atoms with Crippen LogP contribution in [0.2, 0.25) is 0 Å². The third-order valence-corrected chi connectivity index (χ3v) is 2.69. The van der Waals surface area contributed by atoms with Crippen LogP contribution in [0.3, 0.4) is 0 Å². The molecule has 0 radical (unpaired) electrons. The number of carbonyl (C=O) groups excluding carboxylic acids is 1. The minimum atomic E-state index is 0.161. The first-order valence-corrected chi connectivity index (χ1v) is 5.15. The Kier molecular flexibility index (Phi) is 2.53. The van der Waals surface area contributed by atoms with Gasteiger partial charge in [-0.2, -0.15) is 0 Å². The predicted molar refractivity (Wildman–Crippen MR) is 56.0 cm³/mol. The molecule has 14 heavy (non-hydrogen) atoms. The second kappa shape index (κ2) is 3.82. The molecule has 1 aliphatic carbocycles. The number of rotatable bonds is 3. The van der Waals surface area contributed by atoms with Gasteiger partial charge in [-0.1, -0.05) is 37.3 Å². The van der Waals surface area contributed by atoms with Gasteiger partial charge in [0, 0.05) is 18.4 Å². The summed E-state index contributed by atoms with van der Waals surface area (Å²) in [5, 5.41) is 3.01. The highest BCUT2D eigenvalue weighted by atomic mass is 16.1. The van der Waals surface area contributed by atoms with E-state index in [4.69, 9.17) is 0 Å². The average molecular weight is 189 g/mol. The molecule has 2 rings (SSSR count). The molecule has 1 saturated carbocycles. The van der Waals surface area contributed by atoms with E-state index in [9.17, 15) is 4.79 Å². The first-order chi connectivity index (χ1) is 6.81. The molecule has 0 aliphatic heterocycles. The molecule has 0 aromatic heterocycles. The highest BCUT2D eigenvalue weighted by Gasteiger charge is 2.38. The van der Waals surface area contributed by atoms with Gasteiger partial charge in [-0.15, -0.1) is 0 Å². The number of benzene rings is 1. The lowest BCUT2D eigenvalue weighted by Crippen LogP contribution is -2.25. The molecule has 1 aromatic rings. The number of hydrogen-bond acceptors (Lipinski definition) is 1. The highest BCUT2D eigenvalue weighted by Crippen LogP contribution is 2.40. The molecule has 2 nitrogen and oxygen atoms in total. The van der Waals surface area contributed by atoms with E-state index in [1.807, 2.05) is 25.1 Å². The highest BCUT2D eigenvalue weighted by molar-refractivity contribution is 5.76. The molecule has 74 valence electrons. The van der Waals surface area contributed by atoms with E-state index in [0.29, 0.717) is 18.4 Å². The third kappa shape index (κ3) is 1.95. The smallest absolute Gasteiger partial charge is 0.219 e. The molecule has 1 aromatic carbocycles. The summed E-state index contributed by atoms with van der Waals surface area (Å²) in [5.41, 5.74) is 1.34. The molecule has 2 atom stereocenters. The van der Waals surface area contributed by atoms with E-state index < -0.39 is 0 Å². The monoisotopic (exact) mass is 189 g/mol. The molecule has 0 unspecified atom stereocenters. The molecule has 1 amide bonds. The number of hydrogen-bond donors (Lipinski definition) is 1. The second-order valence-electron chi connectivity index (χ2n) is 3.78. The van der Waals surface area contributed by atoms with E-state index in [-0.39, 0.29) is 5.91 Å². The minimum absolute atomic E-state index is 0.161. The fourth-order valence-electron chi connectivity index (χ4n) is 1.73. The van der Waals surface area contributed by atoms with Gasteiger partial charge in [0.2, 0.25) is 5.91 Å². The average Bonchev–Trinajstić information content (AvgIpc) is 2.98. The van der Waals surface area contributed by atoms with Gasteiger partial charge >= 0.3 is 0 Å². The van der Waals surface area contributed by atoms with Crippen molar-refractivity contribution in [2.75, 3.05) is 0 Å². The zero-order valence-corrected chi connectivity index (χ0v) is 8.36. The van der Waals surface area contributed by atoms with Crippen molar-refractivity contribution in [3.05, 3.63) is 35.9 Å². The fourth-order valence-corrected chi connectivity index (χ4v) is 1.73. The maximum atomic E-state index is 11.1. The van der Waals surface area contributed by atoms with Gasteiger partial charge in [-0.3, -0.25) is 4.79 Å². The van der Waals surface area contributed by atoms with Crippen molar-refractivity contribution in [2.45, 2.75) is 31.7 Å². The van der Waals surface area contributed by atoms with Gasteiger partial charge in [0.25, 0.3) is 0 Å². The van der Waals surface area contributed by atoms with Crippen molar-refractivity contribution < 1.29 is 4.79 Å². The summed E-state index contributed by atoms with van der Waals surface area (Å²) in [7, 11) is 0. The zero-order valence-electron chi connectivity index (χ0n) is 8.36. The van der Waals surface area contributed by atoms with Crippen molar-refractivity contribution in [1.82, 2.24) is 5.32 Å². The van der Waals surface area contributed by atoms with E-state index in [1.54, 1.807) is 0 Å². The van der Waals surface area contributed by atoms with E-state index in [0.717, 1.165) is 6.42 Å². The lowest BCUT2D eigenvalue weighted by molar-refractivity contribution is -0.120. The Morgan fingerprint density at radius 1 is 1.43 bits per heavy atom. The molecule has 1 fully saturated rings. The molecule has 1 aliphatic rings. The van der Waals surface area contributed by atoms with Crippen molar-refractivity contribution in [2.24, 2.45) is 0 Å². The maximum Gasteiger partial charge on any atom is 0.219 e. The topological polar surface area (TPSA) is 29.1 Å². The Balaban J connectivity index is 1.91. The van der Waals surface area contributed by atoms with Gasteiger partial charge in [-0.25, -0.2) is 0 Å². The van der Waals surface area contributed by atoms with Gasteiger partial charge in [0.1, 0.15) is 0 Å². The van der Waals surface area contributed by atoms with Crippen molar-refractivity contribution in [3.63, 3.8) is 0 Å². The Bertz CT molecular complexity index is 320. The van der Waals surface area contributed by atoms with Crippen molar-refractivity contribution in [3.8, 4) is 0 Å². The van der Waals surface area contributed by atoms with Crippen LogP contribution in [0, 0.1) is 0 Å². The van der Waals surface area contributed by atoms with Gasteiger partial charge in [0.05, 0.1) is 0 Å². The first kappa shape index (κ1) is 9.25. The Morgan fingerprint density at radius 2 is 2.14 bits per heavy atom. The van der Waals surface area contributed by atoms with Crippen LogP contribution in [0.1, 0.15) is 31.2 Å². The molecule has 0 heterocycles. The lowest BCUT2D eigenvalue weighted by atomic mass is 10.1. The van der Waals surface area contributed by atoms with Crippen LogP contribution < -0.4 is 5.32 Å². The van der Waals surface area contributed by atoms with E-state index >= 15 is 0 Å². The Labute approximate surface area is 84.3 Å². The van der Waals surface area contributed by atoms with Crippen molar-refractivity contribution >= 4 is 5.91 Å². The Hall–Kier alpha value is -1.31. The van der Waals surface area contributed by atoms with Crippen molar-refractivity contribution in [1.29, 1.82) is 0 Å². The molecule has 0 bridgehead atoms. The summed E-state index contributed by atoms with van der Waals surface area (Å²) < 4.78 is 0. The normalized spacial score (nSPS) is 24.4. The lowest BCUT2D eigenvalue weighted by Gasteiger charge is -2.02. The van der Waals surface area contributed by atoms with Gasteiger partial charge < -0.3 is 5.32 Å². The SMILES string of the molecule is CCC(=O)N[C@H]1C[C@@H]1c1ccccc1. The number of carbonyl (C=O) groups is 1. The second-order valence-corrected chi connectivity index (χ2v) is 3.78. The van der Waals surface area contributed by atoms with E-state index in [1.165, 1.54) is 5.56 Å². The van der Waals surface area contributed by atoms with Crippen LogP contribution in [0.4, 0.5) is 0 Å². The minimum Gasteiger partial charge on any atom is -0.353 e. The fraction of sp³-hybridized carbons (Fsp3) is 0.417. The summed E-state index contributed by atoms with van der Waals surface area (Å²) in [6.45, 7) is 1.88. The summed E-state index contributed by atoms with van der Waals surface area (Å²) >= 11 is 0. The number of amides is 1. The standard InChI is InChI=1S/C12H15NO/c1-2-12(14)13-11-8-10(11)9-6-4-3-5-7-9/h3-7,10-11H,2,8H2,1H3,(H,13,14)/t10-,11+/m1/s1. The first-order valence-electron chi connectivity index (χ1n) is 5.15. The van der Waals surface area contributed by atoms with Crippen LogP contribution in [0.5, 0.6) is 0 Å². The summed E-state index contributed by atoms with van der Waals surface area (Å²) in [5.74, 6) is 0.708. The Morgan fingerprint density at radius 3 is 2.79 bits per heavy atom. The molecule has 0 spiro atoms. The van der Waals surface area contributed by atoms with Gasteiger partial charge in [-0.05, 0) is 12.0 Å². The quantitative estimate of drug-likeness (QED) is 0.774. The van der Waals surface area contributed by atoms with Crippen LogP contribution in [0.25, 0.3) is 0 Å². The molecular weight excluding hydrogens is 174 g/mol. The molecular formula is C12H15NO. The molecule has 2 heteroatoms. The molecule has 1 N–H and O–H groups in total. The van der Waals surface area contributed by atoms with Crippen LogP contribution in [-0.2, 0) is 4.79 Å². The summed E-state index contributed by atoms with van der Waals surface area (Å²) in [6, 6.07) is 10.8. The summed E-state index contributed by atoms with van der Waals surface area (Å²) in [6.07, 6.45) is 1.67. The van der Waals surface area contributed by atoms with Crippen LogP contribution in [0.15, 0.2) is 30.3 Å². The molecule has 0 saturated heterocycles. The maximum absolute atomic E-state index is 11.1. The third-order valence-electron chi connectivity index (χ3n) is 2.69. The van der Waals surface area contributed by atoms with Crippen LogP contribution in [-0.4, -0.2) is 11.9 Å². The summed E-state index contributed by atoms with van der Waals surface area (Å²) in [4.78, 5) is 11.1.